The maximum atomic E-state index is 13.0. The average Bonchev–Trinajstić information content (AvgIpc) is 2.22. The first kappa shape index (κ1) is 16.7. The van der Waals surface area contributed by atoms with E-state index in [-0.39, 0.29) is 0 Å². The molecule has 0 bridgehead atoms. The molecule has 0 radical (unpaired) electrons. The number of esters is 1. The second-order valence-electron chi connectivity index (χ2n) is 4.50. The Bertz CT molecular complexity index is 477. The normalized spacial score (nSPS) is 16.3. The first-order valence-electron chi connectivity index (χ1n) is 4.98. The summed E-state index contributed by atoms with van der Waals surface area (Å²) in [5.74, 6) is -1.68. The van der Waals surface area contributed by atoms with Crippen LogP contribution in [0.15, 0.2) is 12.3 Å². The molecule has 0 spiro atoms. The number of rotatable bonds is 4. The Morgan fingerprint density at radius 2 is 1.72 bits per heavy atom. The number of carbonyl (C=O) groups excluding carboxylic acids is 2. The van der Waals surface area contributed by atoms with Crippen molar-refractivity contribution in [2.75, 3.05) is 0 Å². The van der Waals surface area contributed by atoms with Crippen LogP contribution >= 0.6 is 0 Å². The number of hydrogen-bond acceptors (Lipinski definition) is 6. The summed E-state index contributed by atoms with van der Waals surface area (Å²) < 4.78 is 39.7. The lowest BCUT2D eigenvalue weighted by Crippen LogP contribution is -2.64. The molecule has 0 fully saturated rings. The summed E-state index contributed by atoms with van der Waals surface area (Å²) in [4.78, 5) is 19.0. The Morgan fingerprint density at radius 1 is 1.28 bits per heavy atom. The van der Waals surface area contributed by atoms with Crippen molar-refractivity contribution in [2.24, 2.45) is 5.73 Å². The topological polar surface area (TPSA) is 104 Å². The van der Waals surface area contributed by atoms with Crippen molar-refractivity contribution in [1.29, 1.82) is 0 Å². The molecule has 18 heavy (non-hydrogen) atoms. The first-order chi connectivity index (χ1) is 7.92. The zero-order valence-corrected chi connectivity index (χ0v) is 11.4. The molecule has 0 rings (SSSR count). The van der Waals surface area contributed by atoms with E-state index >= 15 is 0 Å². The molecule has 0 aromatic heterocycles. The summed E-state index contributed by atoms with van der Waals surface area (Å²) in [5.41, 5.74) is 5.17. The van der Waals surface area contributed by atoms with Crippen LogP contribution in [0.4, 0.5) is 4.39 Å². The number of halogens is 1. The van der Waals surface area contributed by atoms with Gasteiger partial charge in [-0.2, -0.15) is 4.39 Å². The third-order valence-electron chi connectivity index (χ3n) is 2.14. The Kier molecular flexibility index (Phi) is 4.78. The predicted molar refractivity (Wildman–Crippen MR) is 62.6 cm³/mol. The molecule has 104 valence electrons. The van der Waals surface area contributed by atoms with Gasteiger partial charge in [-0.05, 0) is 27.7 Å². The number of carbonyl (C=O) groups is 2. The highest BCUT2D eigenvalue weighted by atomic mass is 32.2. The molecule has 0 saturated heterocycles. The molecule has 0 aromatic carbocycles. The van der Waals surface area contributed by atoms with Crippen molar-refractivity contribution < 1.29 is 27.1 Å². The van der Waals surface area contributed by atoms with E-state index in [4.69, 9.17) is 5.73 Å². The van der Waals surface area contributed by atoms with Crippen LogP contribution in [-0.4, -0.2) is 30.0 Å². The van der Waals surface area contributed by atoms with Gasteiger partial charge in [0.15, 0.2) is 9.84 Å². The van der Waals surface area contributed by atoms with Crippen LogP contribution in [0.2, 0.25) is 0 Å². The van der Waals surface area contributed by atoms with Crippen molar-refractivity contribution in [3.05, 3.63) is 12.3 Å². The highest BCUT2D eigenvalue weighted by molar-refractivity contribution is 7.95. The summed E-state index contributed by atoms with van der Waals surface area (Å²) in [7, 11) is -4.62. The quantitative estimate of drug-likeness (QED) is 0.347. The molecule has 0 aliphatic heterocycles. The van der Waals surface area contributed by atoms with Crippen molar-refractivity contribution in [3.8, 4) is 0 Å². The van der Waals surface area contributed by atoms with E-state index in [1.54, 1.807) is 0 Å². The Morgan fingerprint density at radius 3 is 2.00 bits per heavy atom. The van der Waals surface area contributed by atoms with Crippen LogP contribution in [0, 0.1) is 0 Å². The summed E-state index contributed by atoms with van der Waals surface area (Å²) in [6.07, 6.45) is 2.07. The lowest BCUT2D eigenvalue weighted by molar-refractivity contribution is -0.148. The first-order valence-corrected chi connectivity index (χ1v) is 6.46. The van der Waals surface area contributed by atoms with Crippen LogP contribution in [0.1, 0.15) is 27.7 Å². The minimum Gasteiger partial charge on any atom is -0.432 e. The molecule has 6 nitrogen and oxygen atoms in total. The fourth-order valence-corrected chi connectivity index (χ4v) is 2.44. The van der Waals surface area contributed by atoms with Gasteiger partial charge in [0.25, 0.3) is 0 Å². The van der Waals surface area contributed by atoms with Crippen LogP contribution in [0.25, 0.3) is 0 Å². The Balaban J connectivity index is 5.86. The van der Waals surface area contributed by atoms with Crippen LogP contribution < -0.4 is 5.73 Å². The average molecular weight is 281 g/mol. The van der Waals surface area contributed by atoms with E-state index in [0.717, 1.165) is 6.26 Å². The van der Waals surface area contributed by atoms with E-state index in [0.29, 0.717) is 0 Å². The molecule has 1 atom stereocenters. The van der Waals surface area contributed by atoms with Gasteiger partial charge in [0.05, 0.1) is 11.0 Å². The molecule has 0 amide bonds. The maximum absolute atomic E-state index is 13.0. The fraction of sp³-hybridized carbons (Fsp3) is 0.600. The van der Waals surface area contributed by atoms with Crippen LogP contribution in [-0.2, 0) is 24.2 Å². The highest BCUT2D eigenvalue weighted by Crippen LogP contribution is 2.28. The Labute approximate surface area is 105 Å². The standard InChI is InChI=1S/C10H16FNO5S/c1-5-6-17-8(14)10(12,7(11)13)18(15,16)9(2,3)4/h5-6H,12H2,1-4H3. The lowest BCUT2D eigenvalue weighted by atomic mass is 10.2. The van der Waals surface area contributed by atoms with Gasteiger partial charge in [-0.3, -0.25) is 10.5 Å². The number of ether oxygens (including phenoxy) is 1. The van der Waals surface area contributed by atoms with Gasteiger partial charge in [-0.1, -0.05) is 6.08 Å². The van der Waals surface area contributed by atoms with Gasteiger partial charge in [0.1, 0.15) is 0 Å². The molecule has 0 aliphatic rings. The van der Waals surface area contributed by atoms with Gasteiger partial charge in [-0.15, -0.1) is 0 Å². The van der Waals surface area contributed by atoms with Gasteiger partial charge in [0, 0.05) is 0 Å². The fourth-order valence-electron chi connectivity index (χ4n) is 0.996. The molecular formula is C10H16FNO5S. The van der Waals surface area contributed by atoms with Crippen molar-refractivity contribution in [2.45, 2.75) is 37.3 Å². The van der Waals surface area contributed by atoms with Crippen molar-refractivity contribution in [1.82, 2.24) is 0 Å². The van der Waals surface area contributed by atoms with Gasteiger partial charge in [-0.25, -0.2) is 13.2 Å². The summed E-state index contributed by atoms with van der Waals surface area (Å²) >= 11 is 0. The van der Waals surface area contributed by atoms with E-state index in [2.05, 4.69) is 4.74 Å². The summed E-state index contributed by atoms with van der Waals surface area (Å²) in [5, 5.41) is 0. The number of sulfone groups is 1. The van der Waals surface area contributed by atoms with Crippen LogP contribution in [0.5, 0.6) is 0 Å². The van der Waals surface area contributed by atoms with Crippen molar-refractivity contribution >= 4 is 21.8 Å². The molecule has 0 aliphatic carbocycles. The zero-order valence-electron chi connectivity index (χ0n) is 10.6. The SMILES string of the molecule is CC=COC(=O)C(N)(C(=O)F)S(=O)(=O)C(C)(C)C. The summed E-state index contributed by atoms with van der Waals surface area (Å²) in [6, 6.07) is -2.48. The van der Waals surface area contributed by atoms with E-state index in [1.807, 2.05) is 0 Å². The third kappa shape index (κ3) is 2.59. The van der Waals surface area contributed by atoms with Crippen molar-refractivity contribution in [3.63, 3.8) is 0 Å². The third-order valence-corrected chi connectivity index (χ3v) is 4.92. The molecule has 0 aromatic rings. The minimum atomic E-state index is -4.62. The second kappa shape index (κ2) is 5.15. The number of nitrogens with two attached hydrogens (primary N) is 1. The Hall–Kier alpha value is -1.28. The monoisotopic (exact) mass is 281 g/mol. The molecule has 2 N–H and O–H groups in total. The molecule has 8 heteroatoms. The van der Waals surface area contributed by atoms with E-state index in [1.165, 1.54) is 33.8 Å². The zero-order chi connectivity index (χ0) is 14.8. The molecule has 1 unspecified atom stereocenters. The molecular weight excluding hydrogens is 265 g/mol. The predicted octanol–water partition coefficient (Wildman–Crippen LogP) is 0.428. The summed E-state index contributed by atoms with van der Waals surface area (Å²) in [6.45, 7) is 5.04. The smallest absolute Gasteiger partial charge is 0.357 e. The molecule has 0 saturated carbocycles. The van der Waals surface area contributed by atoms with E-state index < -0.39 is 31.5 Å². The van der Waals surface area contributed by atoms with Gasteiger partial charge in [0.2, 0.25) is 0 Å². The highest BCUT2D eigenvalue weighted by Gasteiger charge is 2.60. The lowest BCUT2D eigenvalue weighted by Gasteiger charge is -2.29. The van der Waals surface area contributed by atoms with Crippen LogP contribution in [0.3, 0.4) is 0 Å². The van der Waals surface area contributed by atoms with Gasteiger partial charge >= 0.3 is 16.9 Å². The van der Waals surface area contributed by atoms with Gasteiger partial charge < -0.3 is 4.74 Å². The minimum absolute atomic E-state index is 0.811. The number of allylic oxidation sites excluding steroid dienone is 1. The van der Waals surface area contributed by atoms with E-state index in [9.17, 15) is 22.4 Å². The maximum Gasteiger partial charge on any atom is 0.357 e. The largest absolute Gasteiger partial charge is 0.432 e. The number of hydrogen-bond donors (Lipinski definition) is 1. The second-order valence-corrected chi connectivity index (χ2v) is 7.38. The molecule has 0 heterocycles.